The molecule has 2 rings (SSSR count). The summed E-state index contributed by atoms with van der Waals surface area (Å²) in [6.07, 6.45) is 1.15. The summed E-state index contributed by atoms with van der Waals surface area (Å²) in [5.41, 5.74) is 7.16. The fourth-order valence-corrected chi connectivity index (χ4v) is 3.45. The fourth-order valence-electron chi connectivity index (χ4n) is 2.31. The van der Waals surface area contributed by atoms with Crippen molar-refractivity contribution in [3.63, 3.8) is 0 Å². The summed E-state index contributed by atoms with van der Waals surface area (Å²) in [6, 6.07) is 5.36. The van der Waals surface area contributed by atoms with Gasteiger partial charge in [0.1, 0.15) is 5.82 Å². The van der Waals surface area contributed by atoms with Gasteiger partial charge in [0.05, 0.1) is 0 Å². The molecule has 1 aromatic carbocycles. The molecule has 1 aromatic rings. The molecule has 0 saturated carbocycles. The summed E-state index contributed by atoms with van der Waals surface area (Å²) in [5.74, 6) is 0.995. The van der Waals surface area contributed by atoms with Gasteiger partial charge in [-0.3, -0.25) is 4.90 Å². The molecule has 0 radical (unpaired) electrons. The third kappa shape index (κ3) is 4.20. The van der Waals surface area contributed by atoms with Crippen LogP contribution in [0.15, 0.2) is 18.2 Å². The zero-order chi connectivity index (χ0) is 13.9. The molecule has 2 nitrogen and oxygen atoms in total. The zero-order valence-electron chi connectivity index (χ0n) is 11.8. The van der Waals surface area contributed by atoms with Crippen molar-refractivity contribution in [2.45, 2.75) is 38.1 Å². The predicted octanol–water partition coefficient (Wildman–Crippen LogP) is 3.00. The maximum Gasteiger partial charge on any atom is 0.128 e. The third-order valence-corrected chi connectivity index (χ3v) is 5.05. The van der Waals surface area contributed by atoms with Crippen LogP contribution in [0, 0.1) is 5.82 Å². The lowest BCUT2D eigenvalue weighted by Gasteiger charge is -2.22. The van der Waals surface area contributed by atoms with E-state index in [4.69, 9.17) is 5.73 Å². The minimum absolute atomic E-state index is 0.126. The van der Waals surface area contributed by atoms with Crippen LogP contribution in [0.2, 0.25) is 0 Å². The van der Waals surface area contributed by atoms with Crippen molar-refractivity contribution in [2.75, 3.05) is 18.8 Å². The van der Waals surface area contributed by atoms with Crippen LogP contribution in [0.25, 0.3) is 0 Å². The third-order valence-electron chi connectivity index (χ3n) is 3.68. The SMILES string of the molecule is CC1(C)CCN(Cc2ccc(CN)cc2F)CCS1. The standard InChI is InChI=1S/C15H23FN2S/c1-15(2)5-6-18(7-8-19-15)11-13-4-3-12(10-17)9-14(13)16/h3-4,9H,5-8,10-11,17H2,1-2H3. The van der Waals surface area contributed by atoms with Gasteiger partial charge in [0, 0.05) is 35.7 Å². The van der Waals surface area contributed by atoms with Crippen molar-refractivity contribution in [2.24, 2.45) is 5.73 Å². The Labute approximate surface area is 119 Å². The topological polar surface area (TPSA) is 29.3 Å². The van der Waals surface area contributed by atoms with Gasteiger partial charge in [-0.1, -0.05) is 26.0 Å². The first-order valence-electron chi connectivity index (χ1n) is 6.84. The van der Waals surface area contributed by atoms with Gasteiger partial charge in [-0.2, -0.15) is 11.8 Å². The van der Waals surface area contributed by atoms with Gasteiger partial charge in [-0.15, -0.1) is 0 Å². The Morgan fingerprint density at radius 3 is 2.84 bits per heavy atom. The second-order valence-corrected chi connectivity index (χ2v) is 7.57. The predicted molar refractivity (Wildman–Crippen MR) is 80.7 cm³/mol. The summed E-state index contributed by atoms with van der Waals surface area (Å²) in [6.45, 7) is 7.75. The van der Waals surface area contributed by atoms with Crippen molar-refractivity contribution in [3.05, 3.63) is 35.1 Å². The molecule has 1 saturated heterocycles. The van der Waals surface area contributed by atoms with Crippen LogP contribution in [0.5, 0.6) is 0 Å². The second kappa shape index (κ2) is 6.25. The molecule has 0 aromatic heterocycles. The van der Waals surface area contributed by atoms with Gasteiger partial charge in [0.15, 0.2) is 0 Å². The molecule has 1 fully saturated rings. The second-order valence-electron chi connectivity index (χ2n) is 5.76. The van der Waals surface area contributed by atoms with Crippen LogP contribution in [0.4, 0.5) is 4.39 Å². The Bertz CT molecular complexity index is 434. The molecule has 1 aliphatic rings. The highest BCUT2D eigenvalue weighted by Crippen LogP contribution is 2.31. The number of nitrogens with zero attached hydrogens (tertiary/aromatic N) is 1. The molecular formula is C15H23FN2S. The number of thioether (sulfide) groups is 1. The van der Waals surface area contributed by atoms with Crippen LogP contribution in [-0.4, -0.2) is 28.5 Å². The van der Waals surface area contributed by atoms with E-state index in [1.54, 1.807) is 6.07 Å². The molecule has 0 amide bonds. The Morgan fingerprint density at radius 2 is 2.16 bits per heavy atom. The Kier molecular flexibility index (Phi) is 4.87. The van der Waals surface area contributed by atoms with Crippen molar-refractivity contribution in [1.29, 1.82) is 0 Å². The molecule has 19 heavy (non-hydrogen) atoms. The van der Waals surface area contributed by atoms with Crippen LogP contribution in [0.3, 0.4) is 0 Å². The largest absolute Gasteiger partial charge is 0.326 e. The molecule has 0 bridgehead atoms. The maximum absolute atomic E-state index is 14.0. The average molecular weight is 282 g/mol. The van der Waals surface area contributed by atoms with Crippen molar-refractivity contribution >= 4 is 11.8 Å². The van der Waals surface area contributed by atoms with E-state index in [0.29, 0.717) is 17.8 Å². The monoisotopic (exact) mass is 282 g/mol. The maximum atomic E-state index is 14.0. The molecule has 106 valence electrons. The molecule has 0 unspecified atom stereocenters. The summed E-state index contributed by atoms with van der Waals surface area (Å²) < 4.78 is 14.3. The summed E-state index contributed by atoms with van der Waals surface area (Å²) >= 11 is 2.01. The zero-order valence-corrected chi connectivity index (χ0v) is 12.6. The lowest BCUT2D eigenvalue weighted by Crippen LogP contribution is -2.27. The number of hydrogen-bond donors (Lipinski definition) is 1. The van der Waals surface area contributed by atoms with Gasteiger partial charge >= 0.3 is 0 Å². The first-order chi connectivity index (χ1) is 9.00. The van der Waals surface area contributed by atoms with E-state index in [2.05, 4.69) is 18.7 Å². The van der Waals surface area contributed by atoms with E-state index < -0.39 is 0 Å². The molecule has 0 spiro atoms. The van der Waals surface area contributed by atoms with Crippen LogP contribution < -0.4 is 5.73 Å². The number of nitrogens with two attached hydrogens (primary N) is 1. The van der Waals surface area contributed by atoms with Crippen molar-refractivity contribution < 1.29 is 4.39 Å². The lowest BCUT2D eigenvalue weighted by atomic mass is 10.1. The molecular weight excluding hydrogens is 259 g/mol. The number of benzene rings is 1. The highest BCUT2D eigenvalue weighted by molar-refractivity contribution is 8.00. The highest BCUT2D eigenvalue weighted by atomic mass is 32.2. The molecule has 1 heterocycles. The van der Waals surface area contributed by atoms with E-state index in [1.807, 2.05) is 23.9 Å². The molecule has 0 aliphatic carbocycles. The van der Waals surface area contributed by atoms with Crippen LogP contribution in [0.1, 0.15) is 31.4 Å². The smallest absolute Gasteiger partial charge is 0.128 e. The Balaban J connectivity index is 2.01. The molecule has 1 aliphatic heterocycles. The van der Waals surface area contributed by atoms with E-state index in [1.165, 1.54) is 0 Å². The minimum atomic E-state index is -0.126. The van der Waals surface area contributed by atoms with Gasteiger partial charge in [-0.05, 0) is 24.6 Å². The van der Waals surface area contributed by atoms with Crippen molar-refractivity contribution in [1.82, 2.24) is 4.90 Å². The van der Waals surface area contributed by atoms with Gasteiger partial charge in [0.2, 0.25) is 0 Å². The quantitative estimate of drug-likeness (QED) is 0.924. The molecule has 0 atom stereocenters. The number of hydrogen-bond acceptors (Lipinski definition) is 3. The minimum Gasteiger partial charge on any atom is -0.326 e. The summed E-state index contributed by atoms with van der Waals surface area (Å²) in [7, 11) is 0. The van der Waals surface area contributed by atoms with Crippen LogP contribution >= 0.6 is 11.8 Å². The number of rotatable bonds is 3. The normalized spacial score (nSPS) is 20.2. The van der Waals surface area contributed by atoms with Gasteiger partial charge in [0.25, 0.3) is 0 Å². The average Bonchev–Trinajstić information content (AvgIpc) is 2.53. The van der Waals surface area contributed by atoms with E-state index >= 15 is 0 Å². The van der Waals surface area contributed by atoms with Gasteiger partial charge in [-0.25, -0.2) is 4.39 Å². The molecule has 4 heteroatoms. The van der Waals surface area contributed by atoms with E-state index in [9.17, 15) is 4.39 Å². The summed E-state index contributed by atoms with van der Waals surface area (Å²) in [4.78, 5) is 2.35. The first-order valence-corrected chi connectivity index (χ1v) is 7.82. The van der Waals surface area contributed by atoms with Crippen LogP contribution in [-0.2, 0) is 13.1 Å². The van der Waals surface area contributed by atoms with E-state index in [-0.39, 0.29) is 5.82 Å². The highest BCUT2D eigenvalue weighted by Gasteiger charge is 2.23. The summed E-state index contributed by atoms with van der Waals surface area (Å²) in [5, 5.41) is 0. The van der Waals surface area contributed by atoms with E-state index in [0.717, 1.165) is 36.4 Å². The number of halogens is 1. The Morgan fingerprint density at radius 1 is 1.37 bits per heavy atom. The molecule has 2 N–H and O–H groups in total. The van der Waals surface area contributed by atoms with Crippen molar-refractivity contribution in [3.8, 4) is 0 Å². The van der Waals surface area contributed by atoms with Gasteiger partial charge < -0.3 is 5.73 Å². The Hall–Kier alpha value is -0.580. The first kappa shape index (κ1) is 14.8. The lowest BCUT2D eigenvalue weighted by molar-refractivity contribution is 0.272. The fraction of sp³-hybridized carbons (Fsp3) is 0.600.